The molecule has 0 aliphatic carbocycles. The Labute approximate surface area is 193 Å². The first-order valence-electron chi connectivity index (χ1n) is 11.2. The van der Waals surface area contributed by atoms with Crippen molar-refractivity contribution in [1.29, 1.82) is 0 Å². The molecule has 1 N–H and O–H groups in total. The van der Waals surface area contributed by atoms with Gasteiger partial charge in [-0.1, -0.05) is 30.3 Å². The van der Waals surface area contributed by atoms with Crippen molar-refractivity contribution < 1.29 is 14.3 Å². The predicted octanol–water partition coefficient (Wildman–Crippen LogP) is 5.27. The van der Waals surface area contributed by atoms with E-state index in [1.165, 1.54) is 0 Å². The van der Waals surface area contributed by atoms with Gasteiger partial charge in [-0.25, -0.2) is 4.98 Å². The van der Waals surface area contributed by atoms with Gasteiger partial charge in [-0.05, 0) is 60.4 Å². The largest absolute Gasteiger partial charge is 0.493 e. The van der Waals surface area contributed by atoms with Crippen molar-refractivity contribution in [2.24, 2.45) is 0 Å². The minimum atomic E-state index is 0.0805. The molecule has 0 saturated carbocycles. The van der Waals surface area contributed by atoms with Gasteiger partial charge >= 0.3 is 0 Å². The summed E-state index contributed by atoms with van der Waals surface area (Å²) in [5.74, 6) is 2.84. The smallest absolute Gasteiger partial charge is 0.253 e. The van der Waals surface area contributed by atoms with Crippen LogP contribution in [0.4, 0.5) is 0 Å². The normalized spacial score (nSPS) is 14.4. The number of carbonyl (C=O) groups excluding carboxylic acids is 1. The maximum atomic E-state index is 13.1. The Kier molecular flexibility index (Phi) is 5.73. The van der Waals surface area contributed by atoms with Crippen molar-refractivity contribution in [3.8, 4) is 22.6 Å². The average molecular weight is 442 g/mol. The third-order valence-electron chi connectivity index (χ3n) is 6.43. The van der Waals surface area contributed by atoms with Crippen LogP contribution in [-0.2, 0) is 0 Å². The number of ether oxygens (including phenoxy) is 2. The molecular weight excluding hydrogens is 414 g/mol. The second-order valence-corrected chi connectivity index (χ2v) is 8.35. The number of H-pyrrole nitrogens is 1. The molecule has 3 aromatic carbocycles. The van der Waals surface area contributed by atoms with Gasteiger partial charge < -0.3 is 19.4 Å². The van der Waals surface area contributed by atoms with E-state index in [0.29, 0.717) is 23.0 Å². The maximum Gasteiger partial charge on any atom is 0.253 e. The molecule has 1 saturated heterocycles. The van der Waals surface area contributed by atoms with Gasteiger partial charge in [-0.2, -0.15) is 0 Å². The lowest BCUT2D eigenvalue weighted by molar-refractivity contribution is 0.0711. The van der Waals surface area contributed by atoms with Crippen molar-refractivity contribution in [3.05, 3.63) is 78.1 Å². The van der Waals surface area contributed by atoms with Crippen molar-refractivity contribution in [3.63, 3.8) is 0 Å². The Morgan fingerprint density at radius 2 is 1.61 bits per heavy atom. The zero-order chi connectivity index (χ0) is 22.8. The summed E-state index contributed by atoms with van der Waals surface area (Å²) < 4.78 is 10.7. The molecule has 5 rings (SSSR count). The van der Waals surface area contributed by atoms with Crippen LogP contribution < -0.4 is 9.47 Å². The van der Waals surface area contributed by atoms with Crippen molar-refractivity contribution in [1.82, 2.24) is 14.9 Å². The lowest BCUT2D eigenvalue weighted by Crippen LogP contribution is -2.38. The van der Waals surface area contributed by atoms with Crippen LogP contribution in [0, 0.1) is 0 Å². The third-order valence-corrected chi connectivity index (χ3v) is 6.43. The number of fused-ring (bicyclic) bond motifs is 1. The van der Waals surface area contributed by atoms with E-state index in [2.05, 4.69) is 11.1 Å². The number of carbonyl (C=O) groups is 1. The van der Waals surface area contributed by atoms with Gasteiger partial charge in [0.2, 0.25) is 0 Å². The van der Waals surface area contributed by atoms with E-state index in [1.807, 2.05) is 65.6 Å². The highest BCUT2D eigenvalue weighted by atomic mass is 16.5. The zero-order valence-corrected chi connectivity index (χ0v) is 18.9. The van der Waals surface area contributed by atoms with E-state index in [1.54, 1.807) is 14.2 Å². The number of benzene rings is 3. The summed E-state index contributed by atoms with van der Waals surface area (Å²) in [6, 6.07) is 21.7. The number of nitrogens with one attached hydrogen (secondary N) is 1. The van der Waals surface area contributed by atoms with Crippen molar-refractivity contribution in [2.45, 2.75) is 18.8 Å². The number of hydrogen-bond acceptors (Lipinski definition) is 4. The molecule has 0 bridgehead atoms. The summed E-state index contributed by atoms with van der Waals surface area (Å²) in [6.07, 6.45) is 1.82. The van der Waals surface area contributed by atoms with Gasteiger partial charge in [0.15, 0.2) is 11.5 Å². The van der Waals surface area contributed by atoms with E-state index in [4.69, 9.17) is 14.5 Å². The molecule has 1 aliphatic rings. The summed E-state index contributed by atoms with van der Waals surface area (Å²) >= 11 is 0. The van der Waals surface area contributed by atoms with Crippen LogP contribution in [0.25, 0.3) is 22.2 Å². The second kappa shape index (κ2) is 8.98. The van der Waals surface area contributed by atoms with E-state index < -0.39 is 0 Å². The minimum absolute atomic E-state index is 0.0805. The number of amides is 1. The summed E-state index contributed by atoms with van der Waals surface area (Å²) in [7, 11) is 3.25. The lowest BCUT2D eigenvalue weighted by Gasteiger charge is -2.31. The molecule has 2 heterocycles. The highest BCUT2D eigenvalue weighted by Gasteiger charge is 2.26. The Bertz CT molecular complexity index is 1240. The van der Waals surface area contributed by atoms with Crippen LogP contribution in [-0.4, -0.2) is 48.1 Å². The number of nitrogens with zero attached hydrogens (tertiary/aromatic N) is 2. The quantitative estimate of drug-likeness (QED) is 0.458. The number of likely N-dealkylation sites (tertiary alicyclic amines) is 1. The van der Waals surface area contributed by atoms with Crippen LogP contribution in [0.3, 0.4) is 0 Å². The molecule has 33 heavy (non-hydrogen) atoms. The fourth-order valence-electron chi connectivity index (χ4n) is 4.53. The van der Waals surface area contributed by atoms with Crippen molar-refractivity contribution >= 4 is 16.9 Å². The summed E-state index contributed by atoms with van der Waals surface area (Å²) in [5.41, 5.74) is 4.82. The van der Waals surface area contributed by atoms with Gasteiger partial charge in [0.25, 0.3) is 5.91 Å². The average Bonchev–Trinajstić information content (AvgIpc) is 3.32. The van der Waals surface area contributed by atoms with Crippen LogP contribution in [0.15, 0.2) is 66.7 Å². The second-order valence-electron chi connectivity index (χ2n) is 8.35. The highest BCUT2D eigenvalue weighted by Crippen LogP contribution is 2.33. The van der Waals surface area contributed by atoms with Crippen LogP contribution in [0.5, 0.6) is 11.5 Å². The molecule has 4 aromatic rings. The number of rotatable bonds is 5. The first kappa shape index (κ1) is 21.1. The number of para-hydroxylation sites is 2. The summed E-state index contributed by atoms with van der Waals surface area (Å²) in [5, 5.41) is 0. The Morgan fingerprint density at radius 1 is 0.909 bits per heavy atom. The molecule has 1 amide bonds. The lowest BCUT2D eigenvalue weighted by atomic mass is 9.95. The van der Waals surface area contributed by atoms with Crippen LogP contribution in [0.2, 0.25) is 0 Å². The van der Waals surface area contributed by atoms with E-state index >= 15 is 0 Å². The monoisotopic (exact) mass is 441 g/mol. The Morgan fingerprint density at radius 3 is 2.30 bits per heavy atom. The number of methoxy groups -OCH3 is 2. The van der Waals surface area contributed by atoms with Gasteiger partial charge in [0, 0.05) is 24.6 Å². The molecule has 6 nitrogen and oxygen atoms in total. The molecule has 0 radical (unpaired) electrons. The van der Waals surface area contributed by atoms with Gasteiger partial charge in [0.1, 0.15) is 5.82 Å². The van der Waals surface area contributed by atoms with Gasteiger partial charge in [0.05, 0.1) is 25.3 Å². The predicted molar refractivity (Wildman–Crippen MR) is 129 cm³/mol. The molecular formula is C27H27N3O3. The van der Waals surface area contributed by atoms with E-state index in [0.717, 1.165) is 53.9 Å². The SMILES string of the molecule is COc1ccc(-c2ccc(C(=O)N3CCC(c4nc5ccccc5[nH]4)CC3)cc2)cc1OC. The van der Waals surface area contributed by atoms with Crippen LogP contribution >= 0.6 is 0 Å². The molecule has 168 valence electrons. The molecule has 0 unspecified atom stereocenters. The van der Waals surface area contributed by atoms with Gasteiger partial charge in [-0.15, -0.1) is 0 Å². The first-order chi connectivity index (χ1) is 16.2. The van der Waals surface area contributed by atoms with Crippen molar-refractivity contribution in [2.75, 3.05) is 27.3 Å². The number of piperidine rings is 1. The molecule has 1 aromatic heterocycles. The van der Waals surface area contributed by atoms with E-state index in [-0.39, 0.29) is 5.91 Å². The summed E-state index contributed by atoms with van der Waals surface area (Å²) in [4.78, 5) is 23.2. The molecule has 6 heteroatoms. The van der Waals surface area contributed by atoms with Crippen LogP contribution in [0.1, 0.15) is 34.9 Å². The Hall–Kier alpha value is -3.80. The standard InChI is InChI=1S/C27H27N3O3/c1-32-24-12-11-21(17-25(24)33-2)18-7-9-20(10-8-18)27(31)30-15-13-19(14-16-30)26-28-22-5-3-4-6-23(22)29-26/h3-12,17,19H,13-16H2,1-2H3,(H,28,29). The fourth-order valence-corrected chi connectivity index (χ4v) is 4.53. The Balaban J connectivity index is 1.25. The van der Waals surface area contributed by atoms with Gasteiger partial charge in [-0.3, -0.25) is 4.79 Å². The van der Waals surface area contributed by atoms with E-state index in [9.17, 15) is 4.79 Å². The zero-order valence-electron chi connectivity index (χ0n) is 18.9. The number of imidazole rings is 1. The number of aromatic nitrogens is 2. The first-order valence-corrected chi connectivity index (χ1v) is 11.2. The fraction of sp³-hybridized carbons (Fsp3) is 0.259. The number of hydrogen-bond donors (Lipinski definition) is 1. The highest BCUT2D eigenvalue weighted by molar-refractivity contribution is 5.94. The number of aromatic amines is 1. The third kappa shape index (κ3) is 4.16. The molecule has 1 aliphatic heterocycles. The minimum Gasteiger partial charge on any atom is -0.493 e. The maximum absolute atomic E-state index is 13.1. The summed E-state index contributed by atoms with van der Waals surface area (Å²) in [6.45, 7) is 1.47. The molecule has 0 spiro atoms. The topological polar surface area (TPSA) is 67.5 Å². The molecule has 1 fully saturated rings. The molecule has 0 atom stereocenters.